The first-order chi connectivity index (χ1) is 7.75. The predicted molar refractivity (Wildman–Crippen MR) is 73.3 cm³/mol. The summed E-state index contributed by atoms with van der Waals surface area (Å²) in [5, 5.41) is 8.78. The lowest BCUT2D eigenvalue weighted by molar-refractivity contribution is 0.0697. The Balaban J connectivity index is 0.00000144. The molecule has 0 amide bonds. The van der Waals surface area contributed by atoms with Crippen LogP contribution in [0.3, 0.4) is 0 Å². The van der Waals surface area contributed by atoms with E-state index in [1.165, 1.54) is 17.1 Å². The van der Waals surface area contributed by atoms with Crippen molar-refractivity contribution in [2.75, 3.05) is 24.6 Å². The van der Waals surface area contributed by atoms with Gasteiger partial charge in [0.2, 0.25) is 0 Å². The summed E-state index contributed by atoms with van der Waals surface area (Å²) in [5.41, 5.74) is 1.55. The predicted octanol–water partition coefficient (Wildman–Crippen LogP) is 2.36. The summed E-state index contributed by atoms with van der Waals surface area (Å²) >= 11 is 2.00. The highest BCUT2D eigenvalue weighted by Crippen LogP contribution is 2.13. The molecule has 0 bridgehead atoms. The van der Waals surface area contributed by atoms with E-state index >= 15 is 0 Å². The van der Waals surface area contributed by atoms with Crippen LogP contribution in [0.2, 0.25) is 0 Å². The molecule has 1 heterocycles. The maximum atomic E-state index is 10.7. The molecular formula is C12H16ClNO2S. The minimum Gasteiger partial charge on any atom is -0.478 e. The van der Waals surface area contributed by atoms with E-state index in [0.29, 0.717) is 5.56 Å². The molecule has 94 valence electrons. The fourth-order valence-electron chi connectivity index (χ4n) is 1.77. The van der Waals surface area contributed by atoms with Crippen LogP contribution in [-0.4, -0.2) is 40.6 Å². The van der Waals surface area contributed by atoms with Crippen LogP contribution < -0.4 is 0 Å². The van der Waals surface area contributed by atoms with Gasteiger partial charge in [-0.1, -0.05) is 12.1 Å². The van der Waals surface area contributed by atoms with Gasteiger partial charge in [-0.2, -0.15) is 11.8 Å². The molecule has 2 rings (SSSR count). The van der Waals surface area contributed by atoms with Crippen LogP contribution in [0.5, 0.6) is 0 Å². The first-order valence-corrected chi connectivity index (χ1v) is 6.53. The standard InChI is InChI=1S/C12H15NO2S.ClH/c14-12(15)11-3-1-10(2-4-11)9-13-5-7-16-8-6-13;/h1-4H,5-9H2,(H,14,15);1H. The summed E-state index contributed by atoms with van der Waals surface area (Å²) in [6, 6.07) is 7.17. The highest BCUT2D eigenvalue weighted by Gasteiger charge is 2.10. The summed E-state index contributed by atoms with van der Waals surface area (Å²) in [5.74, 6) is 1.54. The topological polar surface area (TPSA) is 40.5 Å². The molecule has 0 unspecified atom stereocenters. The number of carboxylic acids is 1. The average molecular weight is 274 g/mol. The number of nitrogens with zero attached hydrogens (tertiary/aromatic N) is 1. The number of carboxylic acid groups (broad SMARTS) is 1. The Bertz CT molecular complexity index is 363. The molecule has 0 saturated carbocycles. The summed E-state index contributed by atoms with van der Waals surface area (Å²) in [6.07, 6.45) is 0. The van der Waals surface area contributed by atoms with E-state index in [-0.39, 0.29) is 12.4 Å². The van der Waals surface area contributed by atoms with E-state index < -0.39 is 5.97 Å². The fraction of sp³-hybridized carbons (Fsp3) is 0.417. The van der Waals surface area contributed by atoms with Crippen molar-refractivity contribution in [1.29, 1.82) is 0 Å². The Kier molecular flexibility index (Phi) is 5.82. The monoisotopic (exact) mass is 273 g/mol. The highest BCUT2D eigenvalue weighted by atomic mass is 35.5. The zero-order chi connectivity index (χ0) is 11.4. The van der Waals surface area contributed by atoms with Crippen LogP contribution in [0.15, 0.2) is 24.3 Å². The fourth-order valence-corrected chi connectivity index (χ4v) is 2.75. The number of thioether (sulfide) groups is 1. The van der Waals surface area contributed by atoms with Gasteiger partial charge in [-0.3, -0.25) is 4.90 Å². The molecule has 1 aliphatic heterocycles. The Morgan fingerprint density at radius 2 is 1.82 bits per heavy atom. The largest absolute Gasteiger partial charge is 0.478 e. The molecule has 1 aromatic rings. The molecule has 1 fully saturated rings. The number of halogens is 1. The molecule has 1 aliphatic rings. The van der Waals surface area contributed by atoms with Gasteiger partial charge in [-0.05, 0) is 17.7 Å². The maximum Gasteiger partial charge on any atom is 0.335 e. The number of hydrogen-bond donors (Lipinski definition) is 1. The molecular weight excluding hydrogens is 258 g/mol. The second kappa shape index (κ2) is 6.89. The van der Waals surface area contributed by atoms with E-state index in [1.807, 2.05) is 23.9 Å². The minimum atomic E-state index is -0.860. The molecule has 0 spiro atoms. The third-order valence-electron chi connectivity index (χ3n) is 2.71. The van der Waals surface area contributed by atoms with Gasteiger partial charge in [0.25, 0.3) is 0 Å². The lowest BCUT2D eigenvalue weighted by atomic mass is 10.1. The Morgan fingerprint density at radius 1 is 1.24 bits per heavy atom. The van der Waals surface area contributed by atoms with Crippen molar-refractivity contribution in [3.8, 4) is 0 Å². The van der Waals surface area contributed by atoms with E-state index in [0.717, 1.165) is 19.6 Å². The van der Waals surface area contributed by atoms with Gasteiger partial charge in [0.05, 0.1) is 5.56 Å². The van der Waals surface area contributed by atoms with Crippen molar-refractivity contribution in [3.63, 3.8) is 0 Å². The van der Waals surface area contributed by atoms with E-state index in [9.17, 15) is 4.79 Å². The smallest absolute Gasteiger partial charge is 0.335 e. The van der Waals surface area contributed by atoms with Crippen LogP contribution in [-0.2, 0) is 6.54 Å². The van der Waals surface area contributed by atoms with Crippen molar-refractivity contribution in [3.05, 3.63) is 35.4 Å². The zero-order valence-electron chi connectivity index (χ0n) is 9.46. The number of benzene rings is 1. The summed E-state index contributed by atoms with van der Waals surface area (Å²) in [7, 11) is 0. The molecule has 0 radical (unpaired) electrons. The van der Waals surface area contributed by atoms with Crippen molar-refractivity contribution in [2.45, 2.75) is 6.54 Å². The van der Waals surface area contributed by atoms with Crippen LogP contribution >= 0.6 is 24.2 Å². The lowest BCUT2D eigenvalue weighted by Crippen LogP contribution is -2.31. The molecule has 1 N–H and O–H groups in total. The Morgan fingerprint density at radius 3 is 2.35 bits per heavy atom. The van der Waals surface area contributed by atoms with Gasteiger partial charge in [0, 0.05) is 31.1 Å². The summed E-state index contributed by atoms with van der Waals surface area (Å²) in [4.78, 5) is 13.1. The van der Waals surface area contributed by atoms with Gasteiger partial charge in [-0.25, -0.2) is 4.79 Å². The van der Waals surface area contributed by atoms with Crippen LogP contribution in [0.4, 0.5) is 0 Å². The third-order valence-corrected chi connectivity index (χ3v) is 3.65. The van der Waals surface area contributed by atoms with Gasteiger partial charge < -0.3 is 5.11 Å². The van der Waals surface area contributed by atoms with Gasteiger partial charge in [-0.15, -0.1) is 12.4 Å². The van der Waals surface area contributed by atoms with Crippen molar-refractivity contribution >= 4 is 30.1 Å². The van der Waals surface area contributed by atoms with Gasteiger partial charge >= 0.3 is 5.97 Å². The van der Waals surface area contributed by atoms with Crippen LogP contribution in [0.1, 0.15) is 15.9 Å². The minimum absolute atomic E-state index is 0. The van der Waals surface area contributed by atoms with E-state index in [4.69, 9.17) is 5.11 Å². The molecule has 1 saturated heterocycles. The Labute approximate surface area is 112 Å². The van der Waals surface area contributed by atoms with Crippen molar-refractivity contribution in [1.82, 2.24) is 4.90 Å². The Hall–Kier alpha value is -0.710. The molecule has 0 atom stereocenters. The van der Waals surface area contributed by atoms with Crippen LogP contribution in [0, 0.1) is 0 Å². The lowest BCUT2D eigenvalue weighted by Gasteiger charge is -2.26. The van der Waals surface area contributed by atoms with Crippen LogP contribution in [0.25, 0.3) is 0 Å². The highest BCUT2D eigenvalue weighted by molar-refractivity contribution is 7.99. The number of hydrogen-bond acceptors (Lipinski definition) is 3. The van der Waals surface area contributed by atoms with Crippen molar-refractivity contribution < 1.29 is 9.90 Å². The second-order valence-corrected chi connectivity index (χ2v) is 5.12. The first kappa shape index (κ1) is 14.4. The summed E-state index contributed by atoms with van der Waals surface area (Å²) < 4.78 is 0. The number of rotatable bonds is 3. The normalized spacial score (nSPS) is 16.2. The third kappa shape index (κ3) is 4.22. The number of aromatic carboxylic acids is 1. The molecule has 5 heteroatoms. The number of carbonyl (C=O) groups is 1. The first-order valence-electron chi connectivity index (χ1n) is 5.38. The zero-order valence-corrected chi connectivity index (χ0v) is 11.1. The van der Waals surface area contributed by atoms with E-state index in [1.54, 1.807) is 12.1 Å². The molecule has 0 aromatic heterocycles. The van der Waals surface area contributed by atoms with Gasteiger partial charge in [0.15, 0.2) is 0 Å². The average Bonchev–Trinajstić information content (AvgIpc) is 2.31. The molecule has 17 heavy (non-hydrogen) atoms. The molecule has 3 nitrogen and oxygen atoms in total. The quantitative estimate of drug-likeness (QED) is 0.918. The van der Waals surface area contributed by atoms with Gasteiger partial charge in [0.1, 0.15) is 0 Å². The summed E-state index contributed by atoms with van der Waals surface area (Å²) in [6.45, 7) is 3.19. The molecule has 0 aliphatic carbocycles. The van der Waals surface area contributed by atoms with Crippen molar-refractivity contribution in [2.24, 2.45) is 0 Å². The maximum absolute atomic E-state index is 10.7. The van der Waals surface area contributed by atoms with E-state index in [2.05, 4.69) is 4.90 Å². The molecule has 1 aromatic carbocycles. The SMILES string of the molecule is Cl.O=C(O)c1ccc(CN2CCSCC2)cc1. The second-order valence-electron chi connectivity index (χ2n) is 3.89.